The monoisotopic (exact) mass is 671 g/mol. The summed E-state index contributed by atoms with van der Waals surface area (Å²) in [4.78, 5) is 2.55. The molecule has 7 aromatic carbocycles. The average molecular weight is 672 g/mol. The van der Waals surface area contributed by atoms with E-state index in [1.54, 1.807) is 0 Å². The summed E-state index contributed by atoms with van der Waals surface area (Å²) in [6.07, 6.45) is 0. The van der Waals surface area contributed by atoms with E-state index in [-0.39, 0.29) is 0 Å². The highest BCUT2D eigenvalue weighted by molar-refractivity contribution is 7.95. The summed E-state index contributed by atoms with van der Waals surface area (Å²) in [7, 11) is -4.20. The number of benzene rings is 7. The van der Waals surface area contributed by atoms with Gasteiger partial charge in [0.25, 0.3) is 0 Å². The molecule has 7 aromatic rings. The lowest BCUT2D eigenvalue weighted by Gasteiger charge is -2.34. The molecule has 7 rings (SSSR count). The van der Waals surface area contributed by atoms with Crippen molar-refractivity contribution in [1.82, 2.24) is 0 Å². The van der Waals surface area contributed by atoms with Gasteiger partial charge in [0.1, 0.15) is 46.4 Å². The maximum atomic E-state index is 2.55. The molecule has 0 spiro atoms. The lowest BCUT2D eigenvalue weighted by atomic mass is 10.1. The Labute approximate surface area is 293 Å². The van der Waals surface area contributed by atoms with E-state index in [0.29, 0.717) is 0 Å². The molecule has 0 radical (unpaired) electrons. The fourth-order valence-electron chi connectivity index (χ4n) is 7.11. The minimum atomic E-state index is -2.10. The molecule has 0 bridgehead atoms. The van der Waals surface area contributed by atoms with Gasteiger partial charge in [0, 0.05) is 5.69 Å². The Bertz CT molecular complexity index is 1930. The van der Waals surface area contributed by atoms with Crippen LogP contribution >= 0.6 is 14.5 Å². The van der Waals surface area contributed by atoms with Crippen LogP contribution in [0.15, 0.2) is 188 Å². The Morgan fingerprint density at radius 1 is 0.347 bits per heavy atom. The zero-order valence-electron chi connectivity index (χ0n) is 28.7. The van der Waals surface area contributed by atoms with Gasteiger partial charge in [-0.1, -0.05) is 103 Å². The summed E-state index contributed by atoms with van der Waals surface area (Å²) in [5, 5.41) is 8.24. The lowest BCUT2D eigenvalue weighted by Crippen LogP contribution is -2.36. The maximum Gasteiger partial charge on any atom is 0.128 e. The van der Waals surface area contributed by atoms with Crippen LogP contribution in [0.1, 0.15) is 11.1 Å². The number of rotatable bonds is 9. The fraction of sp³-hybridized carbons (Fsp3) is 0.0870. The number of hydrogen-bond donors (Lipinski definition) is 0. The largest absolute Gasteiger partial charge is 0.303 e. The second-order valence-electron chi connectivity index (χ2n) is 13.0. The van der Waals surface area contributed by atoms with Gasteiger partial charge in [-0.25, -0.2) is 0 Å². The first-order chi connectivity index (χ1) is 23.9. The molecule has 0 aliphatic carbocycles. The van der Waals surface area contributed by atoms with Crippen LogP contribution in [0, 0.1) is 13.8 Å². The Hall–Kier alpha value is -4.80. The predicted octanol–water partition coefficient (Wildman–Crippen LogP) is 9.62. The smallest absolute Gasteiger partial charge is 0.128 e. The second kappa shape index (κ2) is 14.0. The van der Waals surface area contributed by atoms with Crippen LogP contribution in [0.5, 0.6) is 0 Å². The van der Waals surface area contributed by atoms with E-state index >= 15 is 0 Å². The molecule has 0 atom stereocenters. The third-order valence-electron chi connectivity index (χ3n) is 9.81. The summed E-state index contributed by atoms with van der Waals surface area (Å²) in [6, 6.07) is 69.8. The van der Waals surface area contributed by atoms with Crippen molar-refractivity contribution in [2.75, 3.05) is 18.2 Å². The van der Waals surface area contributed by atoms with Crippen LogP contribution in [0.25, 0.3) is 0 Å². The highest BCUT2D eigenvalue weighted by Crippen LogP contribution is 2.57. The molecule has 0 aromatic heterocycles. The molecule has 0 aliphatic rings. The number of hydrogen-bond acceptors (Lipinski definition) is 1. The van der Waals surface area contributed by atoms with Crippen molar-refractivity contribution in [2.24, 2.45) is 0 Å². The molecule has 0 heterocycles. The molecule has 0 N–H and O–H groups in total. The summed E-state index contributed by atoms with van der Waals surface area (Å²) < 4.78 is 0. The van der Waals surface area contributed by atoms with Crippen LogP contribution in [-0.2, 0) is 0 Å². The molecule has 1 nitrogen and oxygen atoms in total. The molecule has 0 unspecified atom stereocenters. The first kappa shape index (κ1) is 32.7. The number of aryl methyl sites for hydroxylation is 2. The summed E-state index contributed by atoms with van der Waals surface area (Å²) in [5.74, 6) is 0. The van der Waals surface area contributed by atoms with E-state index in [4.69, 9.17) is 0 Å². The van der Waals surface area contributed by atoms with Gasteiger partial charge >= 0.3 is 0 Å². The van der Waals surface area contributed by atoms with Crippen molar-refractivity contribution in [3.63, 3.8) is 0 Å². The van der Waals surface area contributed by atoms with Crippen molar-refractivity contribution in [3.05, 3.63) is 199 Å². The Kier molecular flexibility index (Phi) is 9.33. The standard InChI is InChI=1S/C46H43NP2/c1-36-30-32-43(45(34-36)48(3,39-22-12-6-13-23-39)40-24-14-7-15-25-40)47(38-20-10-5-11-21-38)44-33-31-37(2)35-46(44)49(4,41-26-16-8-17-27-41)42-28-18-9-19-29-42/h5-35H,1-4H3/q+2. The molecule has 0 saturated heterocycles. The number of anilines is 3. The van der Waals surface area contributed by atoms with E-state index in [2.05, 4.69) is 220 Å². The van der Waals surface area contributed by atoms with Gasteiger partial charge in [-0.05, 0) is 110 Å². The van der Waals surface area contributed by atoms with Gasteiger partial charge in [0.2, 0.25) is 0 Å². The molecule has 0 fully saturated rings. The highest BCUT2D eigenvalue weighted by Gasteiger charge is 2.46. The van der Waals surface area contributed by atoms with Crippen molar-refractivity contribution >= 4 is 63.4 Å². The predicted molar refractivity (Wildman–Crippen MR) is 220 cm³/mol. The van der Waals surface area contributed by atoms with Crippen molar-refractivity contribution < 1.29 is 0 Å². The third kappa shape index (κ3) is 6.15. The molecule has 0 saturated carbocycles. The van der Waals surface area contributed by atoms with Gasteiger partial charge in [-0.2, -0.15) is 0 Å². The van der Waals surface area contributed by atoms with Gasteiger partial charge in [0.15, 0.2) is 0 Å². The number of nitrogens with zero attached hydrogens (tertiary/aromatic N) is 1. The summed E-state index contributed by atoms with van der Waals surface area (Å²) >= 11 is 0. The highest BCUT2D eigenvalue weighted by atomic mass is 31.2. The SMILES string of the molecule is Cc1ccc(N(c2ccccc2)c2ccc(C)cc2[P+](C)(c2ccccc2)c2ccccc2)c([P+](C)(c2ccccc2)c2ccccc2)c1. The fourth-order valence-corrected chi connectivity index (χ4v) is 14.1. The summed E-state index contributed by atoms with van der Waals surface area (Å²) in [6.45, 7) is 9.46. The van der Waals surface area contributed by atoms with Crippen molar-refractivity contribution in [1.29, 1.82) is 0 Å². The van der Waals surface area contributed by atoms with Crippen molar-refractivity contribution in [3.8, 4) is 0 Å². The normalized spacial score (nSPS) is 11.7. The van der Waals surface area contributed by atoms with Gasteiger partial charge in [-0.15, -0.1) is 0 Å². The van der Waals surface area contributed by atoms with Crippen LogP contribution in [0.3, 0.4) is 0 Å². The first-order valence-corrected chi connectivity index (χ1v) is 21.4. The molecule has 0 amide bonds. The van der Waals surface area contributed by atoms with Gasteiger partial charge in [-0.3, -0.25) is 0 Å². The van der Waals surface area contributed by atoms with Crippen LogP contribution in [0.2, 0.25) is 0 Å². The minimum absolute atomic E-state index is 1.15. The van der Waals surface area contributed by atoms with E-state index in [1.807, 2.05) is 0 Å². The van der Waals surface area contributed by atoms with Crippen LogP contribution in [-0.4, -0.2) is 13.3 Å². The zero-order chi connectivity index (χ0) is 33.8. The third-order valence-corrected chi connectivity index (χ3v) is 17.8. The van der Waals surface area contributed by atoms with Gasteiger partial charge < -0.3 is 4.90 Å². The second-order valence-corrected chi connectivity index (χ2v) is 20.1. The molecule has 0 aliphatic heterocycles. The van der Waals surface area contributed by atoms with Crippen molar-refractivity contribution in [2.45, 2.75) is 13.8 Å². The Morgan fingerprint density at radius 2 is 0.633 bits per heavy atom. The van der Waals surface area contributed by atoms with E-state index in [9.17, 15) is 0 Å². The van der Waals surface area contributed by atoms with Crippen LogP contribution in [0.4, 0.5) is 17.1 Å². The number of para-hydroxylation sites is 1. The molecular weight excluding hydrogens is 628 g/mol. The minimum Gasteiger partial charge on any atom is -0.303 e. The van der Waals surface area contributed by atoms with Crippen LogP contribution < -0.4 is 36.7 Å². The molecule has 49 heavy (non-hydrogen) atoms. The Balaban J connectivity index is 1.58. The van der Waals surface area contributed by atoms with Gasteiger partial charge in [0.05, 0.1) is 24.7 Å². The quantitative estimate of drug-likeness (QED) is 0.138. The topological polar surface area (TPSA) is 3.24 Å². The van der Waals surface area contributed by atoms with E-state index in [1.165, 1.54) is 54.3 Å². The Morgan fingerprint density at radius 3 is 0.939 bits per heavy atom. The van der Waals surface area contributed by atoms with E-state index in [0.717, 1.165) is 5.69 Å². The molecule has 3 heteroatoms. The lowest BCUT2D eigenvalue weighted by molar-refractivity contribution is 1.29. The first-order valence-electron chi connectivity index (χ1n) is 16.9. The summed E-state index contributed by atoms with van der Waals surface area (Å²) in [5.41, 5.74) is 6.12. The average Bonchev–Trinajstić information content (AvgIpc) is 3.17. The molecule has 240 valence electrons. The maximum absolute atomic E-state index is 2.55. The van der Waals surface area contributed by atoms with E-state index < -0.39 is 14.5 Å². The zero-order valence-corrected chi connectivity index (χ0v) is 30.5. The molecular formula is C46H43NP2+2.